The molecule has 26 heavy (non-hydrogen) atoms. The van der Waals surface area contributed by atoms with Gasteiger partial charge in [-0.1, -0.05) is 12.1 Å². The van der Waals surface area contributed by atoms with Crippen LogP contribution in [-0.2, 0) is 22.9 Å². The van der Waals surface area contributed by atoms with Gasteiger partial charge in [-0.3, -0.25) is 4.31 Å². The van der Waals surface area contributed by atoms with Crippen molar-refractivity contribution in [2.45, 2.75) is 25.9 Å². The van der Waals surface area contributed by atoms with E-state index in [0.29, 0.717) is 18.7 Å². The van der Waals surface area contributed by atoms with Gasteiger partial charge in [0.05, 0.1) is 24.6 Å². The van der Waals surface area contributed by atoms with E-state index in [1.807, 2.05) is 18.2 Å². The van der Waals surface area contributed by atoms with Gasteiger partial charge in [0.1, 0.15) is 23.4 Å². The van der Waals surface area contributed by atoms with Gasteiger partial charge < -0.3 is 9.47 Å². The molecule has 138 valence electrons. The topological polar surface area (TPSA) is 55.8 Å². The Balaban J connectivity index is 1.55. The van der Waals surface area contributed by atoms with Crippen LogP contribution in [0, 0.1) is 5.82 Å². The summed E-state index contributed by atoms with van der Waals surface area (Å²) in [6.07, 6.45) is 0.935. The molecule has 7 heteroatoms. The highest BCUT2D eigenvalue weighted by Gasteiger charge is 2.31. The number of ether oxygens (including phenoxy) is 2. The molecule has 2 aromatic carbocycles. The van der Waals surface area contributed by atoms with Gasteiger partial charge in [-0.2, -0.15) is 0 Å². The molecule has 2 aliphatic rings. The van der Waals surface area contributed by atoms with E-state index in [-0.39, 0.29) is 24.2 Å². The van der Waals surface area contributed by atoms with Crippen LogP contribution in [0.5, 0.6) is 11.5 Å². The zero-order chi connectivity index (χ0) is 18.3. The van der Waals surface area contributed by atoms with Crippen molar-refractivity contribution in [2.75, 3.05) is 23.2 Å². The summed E-state index contributed by atoms with van der Waals surface area (Å²) in [5, 5.41) is 0. The van der Waals surface area contributed by atoms with Crippen molar-refractivity contribution in [1.29, 1.82) is 0 Å². The fourth-order valence-electron chi connectivity index (χ4n) is 3.39. The second-order valence-corrected chi connectivity index (χ2v) is 8.69. The molecule has 2 aromatic rings. The molecule has 1 atom stereocenters. The molecule has 0 unspecified atom stereocenters. The van der Waals surface area contributed by atoms with Crippen LogP contribution < -0.4 is 13.8 Å². The average molecular weight is 377 g/mol. The van der Waals surface area contributed by atoms with E-state index in [4.69, 9.17) is 9.47 Å². The average Bonchev–Trinajstić information content (AvgIpc) is 3.06. The summed E-state index contributed by atoms with van der Waals surface area (Å²) in [7, 11) is -3.56. The van der Waals surface area contributed by atoms with Crippen molar-refractivity contribution in [2.24, 2.45) is 0 Å². The number of anilines is 1. The zero-order valence-corrected chi connectivity index (χ0v) is 15.3. The number of nitrogens with zero attached hydrogens (tertiary/aromatic N) is 1. The molecule has 0 radical (unpaired) electrons. The zero-order valence-electron chi connectivity index (χ0n) is 14.4. The molecule has 0 aliphatic carbocycles. The predicted molar refractivity (Wildman–Crippen MR) is 97.0 cm³/mol. The maximum Gasteiger partial charge on any atom is 0.235 e. The fourth-order valence-corrected chi connectivity index (χ4v) is 4.99. The Labute approximate surface area is 152 Å². The molecule has 0 saturated heterocycles. The van der Waals surface area contributed by atoms with Crippen LogP contribution in [-0.4, -0.2) is 33.4 Å². The normalized spacial score (nSPS) is 18.7. The van der Waals surface area contributed by atoms with Crippen LogP contribution >= 0.6 is 0 Å². The van der Waals surface area contributed by atoms with Gasteiger partial charge in [-0.05, 0) is 42.7 Å². The molecule has 0 aromatic heterocycles. The summed E-state index contributed by atoms with van der Waals surface area (Å²) in [4.78, 5) is 0. The van der Waals surface area contributed by atoms with Gasteiger partial charge in [0.2, 0.25) is 10.0 Å². The lowest BCUT2D eigenvalue weighted by Gasteiger charge is -2.34. The van der Waals surface area contributed by atoms with Crippen molar-refractivity contribution in [3.8, 4) is 11.5 Å². The second kappa shape index (κ2) is 6.46. The number of rotatable bonds is 4. The van der Waals surface area contributed by atoms with E-state index in [1.54, 1.807) is 6.92 Å². The largest absolute Gasteiger partial charge is 0.493 e. The smallest absolute Gasteiger partial charge is 0.235 e. The van der Waals surface area contributed by atoms with Crippen molar-refractivity contribution >= 4 is 15.7 Å². The van der Waals surface area contributed by atoms with Crippen LogP contribution in [0.15, 0.2) is 36.4 Å². The third-order valence-electron chi connectivity index (χ3n) is 4.68. The van der Waals surface area contributed by atoms with Crippen LogP contribution in [0.25, 0.3) is 0 Å². The van der Waals surface area contributed by atoms with E-state index < -0.39 is 15.8 Å². The van der Waals surface area contributed by atoms with Crippen LogP contribution in [0.1, 0.15) is 18.1 Å². The number of hydrogen-bond donors (Lipinski definition) is 0. The molecule has 0 amide bonds. The first kappa shape index (κ1) is 17.1. The summed E-state index contributed by atoms with van der Waals surface area (Å²) in [6.45, 7) is 2.67. The summed E-state index contributed by atoms with van der Waals surface area (Å²) < 4.78 is 51.8. The van der Waals surface area contributed by atoms with Gasteiger partial charge in [0, 0.05) is 12.5 Å². The Hall–Kier alpha value is -2.28. The number of fused-ring (bicyclic) bond motifs is 2. The number of benzene rings is 2. The first-order chi connectivity index (χ1) is 12.4. The van der Waals surface area contributed by atoms with Gasteiger partial charge >= 0.3 is 0 Å². The lowest BCUT2D eigenvalue weighted by atomic mass is 10.1. The Morgan fingerprint density at radius 3 is 2.88 bits per heavy atom. The second-order valence-electron chi connectivity index (χ2n) is 6.68. The standard InChI is InChI=1S/C19H20FNO4S/c1-13-12-21(17-4-3-16(20)11-19(17)25-13)26(22,23)9-7-14-2-5-18-15(10-14)6-8-24-18/h2-5,10-11,13H,6-9,12H2,1H3/t13-/m0/s1. The third-order valence-corrected chi connectivity index (χ3v) is 6.42. The summed E-state index contributed by atoms with van der Waals surface area (Å²) >= 11 is 0. The Bertz CT molecular complexity index is 945. The lowest BCUT2D eigenvalue weighted by molar-refractivity contribution is 0.218. The van der Waals surface area contributed by atoms with E-state index in [1.165, 1.54) is 22.5 Å². The molecule has 0 spiro atoms. The third kappa shape index (κ3) is 3.23. The van der Waals surface area contributed by atoms with E-state index in [2.05, 4.69) is 0 Å². The highest BCUT2D eigenvalue weighted by Crippen LogP contribution is 2.36. The van der Waals surface area contributed by atoms with Crippen LogP contribution in [0.4, 0.5) is 10.1 Å². The molecule has 4 rings (SSSR count). The van der Waals surface area contributed by atoms with Crippen molar-refractivity contribution in [3.63, 3.8) is 0 Å². The number of hydrogen-bond acceptors (Lipinski definition) is 4. The maximum atomic E-state index is 13.5. The first-order valence-electron chi connectivity index (χ1n) is 8.63. The highest BCUT2D eigenvalue weighted by atomic mass is 32.2. The lowest BCUT2D eigenvalue weighted by Crippen LogP contribution is -2.43. The van der Waals surface area contributed by atoms with E-state index in [9.17, 15) is 12.8 Å². The van der Waals surface area contributed by atoms with Crippen LogP contribution in [0.2, 0.25) is 0 Å². The molecule has 2 heterocycles. The van der Waals surface area contributed by atoms with E-state index in [0.717, 1.165) is 23.3 Å². The summed E-state index contributed by atoms with van der Waals surface area (Å²) in [5.74, 6) is 0.683. The first-order valence-corrected chi connectivity index (χ1v) is 10.2. The molecule has 0 bridgehead atoms. The summed E-state index contributed by atoms with van der Waals surface area (Å²) in [6, 6.07) is 9.77. The Morgan fingerprint density at radius 1 is 1.19 bits per heavy atom. The minimum atomic E-state index is -3.56. The van der Waals surface area contributed by atoms with Crippen LogP contribution in [0.3, 0.4) is 0 Å². The summed E-state index contributed by atoms with van der Waals surface area (Å²) in [5.41, 5.74) is 2.49. The number of sulfonamides is 1. The minimum Gasteiger partial charge on any atom is -0.493 e. The van der Waals surface area contributed by atoms with Gasteiger partial charge in [-0.25, -0.2) is 12.8 Å². The van der Waals surface area contributed by atoms with E-state index >= 15 is 0 Å². The van der Waals surface area contributed by atoms with Crippen molar-refractivity contribution in [3.05, 3.63) is 53.3 Å². The van der Waals surface area contributed by atoms with Gasteiger partial charge in [0.25, 0.3) is 0 Å². The fraction of sp³-hybridized carbons (Fsp3) is 0.368. The number of halogens is 1. The molecular weight excluding hydrogens is 357 g/mol. The monoisotopic (exact) mass is 377 g/mol. The maximum absolute atomic E-state index is 13.5. The minimum absolute atomic E-state index is 0.0177. The van der Waals surface area contributed by atoms with Crippen molar-refractivity contribution in [1.82, 2.24) is 0 Å². The highest BCUT2D eigenvalue weighted by molar-refractivity contribution is 7.92. The predicted octanol–water partition coefficient (Wildman–Crippen LogP) is 2.92. The quantitative estimate of drug-likeness (QED) is 0.822. The molecule has 5 nitrogen and oxygen atoms in total. The molecule has 0 fully saturated rings. The number of aryl methyl sites for hydroxylation is 1. The van der Waals surface area contributed by atoms with Crippen molar-refractivity contribution < 1.29 is 22.3 Å². The molecule has 0 saturated carbocycles. The molecule has 2 aliphatic heterocycles. The van der Waals surface area contributed by atoms with Gasteiger partial charge in [0.15, 0.2) is 0 Å². The SMILES string of the molecule is C[C@H]1CN(S(=O)(=O)CCc2ccc3c(c2)CCO3)c2ccc(F)cc2O1. The molecule has 0 N–H and O–H groups in total. The van der Waals surface area contributed by atoms with Gasteiger partial charge in [-0.15, -0.1) is 0 Å². The Kier molecular flexibility index (Phi) is 4.26. The molecular formula is C19H20FNO4S. The Morgan fingerprint density at radius 2 is 2.04 bits per heavy atom.